The van der Waals surface area contributed by atoms with Crippen LogP contribution >= 0.6 is 23.1 Å². The fourth-order valence-corrected chi connectivity index (χ4v) is 5.76. The molecule has 1 aliphatic rings. The summed E-state index contributed by atoms with van der Waals surface area (Å²) in [7, 11) is 1.66. The molecule has 0 saturated carbocycles. The standard InChI is InChI=1S/C20H29N3O3S2/c1-4-13(5-2)21-16(24)12-27-20-22-18-17(14-8-6-9-15(14)28-18)19(25)23(20)10-7-11-26-3/h13H,4-12H2,1-3H3,(H,21,24). The number of aryl methyl sites for hydroxylation is 2. The van der Waals surface area contributed by atoms with Gasteiger partial charge in [-0.05, 0) is 44.1 Å². The molecule has 0 aromatic carbocycles. The summed E-state index contributed by atoms with van der Waals surface area (Å²) < 4.78 is 6.89. The highest BCUT2D eigenvalue weighted by atomic mass is 32.2. The number of nitrogens with one attached hydrogen (secondary N) is 1. The summed E-state index contributed by atoms with van der Waals surface area (Å²) in [5.41, 5.74) is 1.23. The van der Waals surface area contributed by atoms with Crippen LogP contribution in [-0.4, -0.2) is 41.0 Å². The summed E-state index contributed by atoms with van der Waals surface area (Å²) in [5, 5.41) is 4.47. The highest BCUT2D eigenvalue weighted by Crippen LogP contribution is 2.35. The Kier molecular flexibility index (Phi) is 7.54. The molecule has 154 valence electrons. The van der Waals surface area contributed by atoms with E-state index >= 15 is 0 Å². The van der Waals surface area contributed by atoms with Gasteiger partial charge in [0.25, 0.3) is 5.56 Å². The predicted octanol–water partition coefficient (Wildman–Crippen LogP) is 3.38. The lowest BCUT2D eigenvalue weighted by atomic mass is 10.2. The number of aromatic nitrogens is 2. The molecule has 2 aromatic heterocycles. The molecule has 2 aromatic rings. The van der Waals surface area contributed by atoms with Gasteiger partial charge in [0.2, 0.25) is 5.91 Å². The monoisotopic (exact) mass is 423 g/mol. The van der Waals surface area contributed by atoms with Crippen molar-refractivity contribution in [1.82, 2.24) is 14.9 Å². The van der Waals surface area contributed by atoms with E-state index in [-0.39, 0.29) is 23.3 Å². The van der Waals surface area contributed by atoms with Gasteiger partial charge in [-0.15, -0.1) is 11.3 Å². The number of carbonyl (C=O) groups excluding carboxylic acids is 1. The zero-order valence-electron chi connectivity index (χ0n) is 16.9. The molecule has 6 nitrogen and oxygen atoms in total. The summed E-state index contributed by atoms with van der Waals surface area (Å²) in [6, 6.07) is 0.202. The quantitative estimate of drug-likeness (QED) is 0.360. The molecule has 2 heterocycles. The van der Waals surface area contributed by atoms with Gasteiger partial charge in [-0.25, -0.2) is 4.98 Å². The van der Waals surface area contributed by atoms with E-state index in [1.54, 1.807) is 23.0 Å². The van der Waals surface area contributed by atoms with Gasteiger partial charge in [0, 0.05) is 31.2 Å². The molecular formula is C20H29N3O3S2. The number of thiophene rings is 1. The number of methoxy groups -OCH3 is 1. The van der Waals surface area contributed by atoms with Crippen LogP contribution in [0.1, 0.15) is 50.0 Å². The summed E-state index contributed by atoms with van der Waals surface area (Å²) in [6.07, 6.45) is 5.70. The number of nitrogens with zero attached hydrogens (tertiary/aromatic N) is 2. The van der Waals surface area contributed by atoms with Crippen molar-refractivity contribution >= 4 is 39.2 Å². The van der Waals surface area contributed by atoms with E-state index in [9.17, 15) is 9.59 Å². The highest BCUT2D eigenvalue weighted by molar-refractivity contribution is 7.99. The number of rotatable bonds is 10. The maximum atomic E-state index is 13.3. The summed E-state index contributed by atoms with van der Waals surface area (Å²) in [4.78, 5) is 32.5. The Hall–Kier alpha value is -1.38. The second-order valence-corrected chi connectivity index (χ2v) is 9.13. The van der Waals surface area contributed by atoms with Crippen LogP contribution in [0, 0.1) is 0 Å². The molecule has 1 N–H and O–H groups in total. The molecule has 0 aliphatic heterocycles. The van der Waals surface area contributed by atoms with E-state index in [1.807, 2.05) is 0 Å². The van der Waals surface area contributed by atoms with Gasteiger partial charge in [0.05, 0.1) is 11.1 Å². The second kappa shape index (κ2) is 9.89. The molecule has 0 atom stereocenters. The molecule has 3 rings (SSSR count). The van der Waals surface area contributed by atoms with Crippen molar-refractivity contribution in [2.75, 3.05) is 19.5 Å². The van der Waals surface area contributed by atoms with Crippen LogP contribution in [0.25, 0.3) is 10.2 Å². The molecule has 28 heavy (non-hydrogen) atoms. The lowest BCUT2D eigenvalue weighted by Gasteiger charge is -2.15. The van der Waals surface area contributed by atoms with Crippen molar-refractivity contribution in [3.05, 3.63) is 20.8 Å². The third-order valence-electron chi connectivity index (χ3n) is 5.20. The van der Waals surface area contributed by atoms with E-state index in [4.69, 9.17) is 9.72 Å². The molecule has 0 fully saturated rings. The summed E-state index contributed by atoms with van der Waals surface area (Å²) in [6.45, 7) is 5.28. The number of hydrogen-bond acceptors (Lipinski definition) is 6. The molecular weight excluding hydrogens is 394 g/mol. The molecule has 0 radical (unpaired) electrons. The number of fused-ring (bicyclic) bond motifs is 3. The molecule has 8 heteroatoms. The van der Waals surface area contributed by atoms with Crippen LogP contribution < -0.4 is 10.9 Å². The summed E-state index contributed by atoms with van der Waals surface area (Å²) in [5.74, 6) is 0.259. The first-order valence-corrected chi connectivity index (χ1v) is 11.8. The number of thioether (sulfide) groups is 1. The number of ether oxygens (including phenoxy) is 1. The smallest absolute Gasteiger partial charge is 0.263 e. The fraction of sp³-hybridized carbons (Fsp3) is 0.650. The molecule has 0 spiro atoms. The minimum Gasteiger partial charge on any atom is -0.385 e. The van der Waals surface area contributed by atoms with E-state index in [0.29, 0.717) is 18.3 Å². The maximum Gasteiger partial charge on any atom is 0.263 e. The summed E-state index contributed by atoms with van der Waals surface area (Å²) >= 11 is 2.99. The van der Waals surface area contributed by atoms with Crippen LogP contribution in [0.2, 0.25) is 0 Å². The van der Waals surface area contributed by atoms with E-state index in [2.05, 4.69) is 19.2 Å². The Morgan fingerprint density at radius 1 is 1.36 bits per heavy atom. The van der Waals surface area contributed by atoms with Gasteiger partial charge in [-0.3, -0.25) is 14.2 Å². The van der Waals surface area contributed by atoms with Gasteiger partial charge in [-0.1, -0.05) is 25.6 Å². The minimum atomic E-state index is -0.00911. The molecule has 1 aliphatic carbocycles. The first kappa shape index (κ1) is 21.3. The zero-order chi connectivity index (χ0) is 20.1. The molecule has 0 bridgehead atoms. The number of carbonyl (C=O) groups is 1. The zero-order valence-corrected chi connectivity index (χ0v) is 18.5. The Labute approximate surface area is 174 Å². The van der Waals surface area contributed by atoms with Gasteiger partial charge in [0.1, 0.15) is 4.83 Å². The lowest BCUT2D eigenvalue weighted by Crippen LogP contribution is -2.35. The fourth-order valence-electron chi connectivity index (χ4n) is 3.62. The van der Waals surface area contributed by atoms with Gasteiger partial charge in [0.15, 0.2) is 5.16 Å². The minimum absolute atomic E-state index is 0.00911. The largest absolute Gasteiger partial charge is 0.385 e. The van der Waals surface area contributed by atoms with Crippen LogP contribution in [-0.2, 0) is 28.9 Å². The van der Waals surface area contributed by atoms with Crippen LogP contribution in [0.15, 0.2) is 9.95 Å². The van der Waals surface area contributed by atoms with Gasteiger partial charge >= 0.3 is 0 Å². The first-order chi connectivity index (χ1) is 13.6. The lowest BCUT2D eigenvalue weighted by molar-refractivity contribution is -0.119. The molecule has 0 unspecified atom stereocenters. The van der Waals surface area contributed by atoms with Crippen LogP contribution in [0.4, 0.5) is 0 Å². The van der Waals surface area contributed by atoms with E-state index in [0.717, 1.165) is 48.7 Å². The Morgan fingerprint density at radius 2 is 2.14 bits per heavy atom. The Morgan fingerprint density at radius 3 is 2.86 bits per heavy atom. The van der Waals surface area contributed by atoms with Crippen molar-refractivity contribution in [2.24, 2.45) is 0 Å². The number of amides is 1. The molecule has 0 saturated heterocycles. The SMILES string of the molecule is CCC(CC)NC(=O)CSc1nc2sc3c(c2c(=O)n1CCCOC)CCC3. The van der Waals surface area contributed by atoms with Crippen LogP contribution in [0.5, 0.6) is 0 Å². The first-order valence-electron chi connectivity index (χ1n) is 10.0. The van der Waals surface area contributed by atoms with E-state index < -0.39 is 0 Å². The van der Waals surface area contributed by atoms with Crippen LogP contribution in [0.3, 0.4) is 0 Å². The van der Waals surface area contributed by atoms with Crippen molar-refractivity contribution < 1.29 is 9.53 Å². The maximum absolute atomic E-state index is 13.3. The van der Waals surface area contributed by atoms with Crippen molar-refractivity contribution in [3.8, 4) is 0 Å². The average Bonchev–Trinajstić information content (AvgIpc) is 3.27. The molecule has 1 amide bonds. The predicted molar refractivity (Wildman–Crippen MR) is 116 cm³/mol. The van der Waals surface area contributed by atoms with E-state index in [1.165, 1.54) is 22.2 Å². The van der Waals surface area contributed by atoms with Gasteiger partial charge in [-0.2, -0.15) is 0 Å². The second-order valence-electron chi connectivity index (χ2n) is 7.10. The van der Waals surface area contributed by atoms with Crippen molar-refractivity contribution in [2.45, 2.75) is 70.1 Å². The number of hydrogen-bond donors (Lipinski definition) is 1. The van der Waals surface area contributed by atoms with Crippen molar-refractivity contribution in [3.63, 3.8) is 0 Å². The Bertz CT molecular complexity index is 887. The highest BCUT2D eigenvalue weighted by Gasteiger charge is 2.23. The average molecular weight is 424 g/mol. The van der Waals surface area contributed by atoms with Gasteiger partial charge < -0.3 is 10.1 Å². The Balaban J connectivity index is 1.86. The topological polar surface area (TPSA) is 73.2 Å². The van der Waals surface area contributed by atoms with Crippen molar-refractivity contribution in [1.29, 1.82) is 0 Å². The third kappa shape index (κ3) is 4.60. The third-order valence-corrected chi connectivity index (χ3v) is 7.37. The normalized spacial score (nSPS) is 13.4.